The molecule has 0 bridgehead atoms. The zero-order valence-corrected chi connectivity index (χ0v) is 15.3. The second-order valence-corrected chi connectivity index (χ2v) is 7.62. The molecule has 1 N–H and O–H groups in total. The number of carboxylic acids is 1. The zero-order valence-electron chi connectivity index (χ0n) is 14.5. The molecule has 1 atom stereocenters. The minimum Gasteiger partial charge on any atom is -0.481 e. The summed E-state index contributed by atoms with van der Waals surface area (Å²) in [6.07, 6.45) is 0. The summed E-state index contributed by atoms with van der Waals surface area (Å²) in [5, 5.41) is 9.57. The van der Waals surface area contributed by atoms with Crippen molar-refractivity contribution in [2.24, 2.45) is 0 Å². The van der Waals surface area contributed by atoms with Crippen LogP contribution in [0.15, 0.2) is 53.4 Å². The molecule has 0 aromatic heterocycles. The fourth-order valence-corrected chi connectivity index (χ4v) is 4.51. The van der Waals surface area contributed by atoms with Crippen molar-refractivity contribution in [3.63, 3.8) is 0 Å². The van der Waals surface area contributed by atoms with Crippen LogP contribution < -0.4 is 4.90 Å². The molecule has 4 rings (SSSR count). The Balaban J connectivity index is 1.57. The van der Waals surface area contributed by atoms with Gasteiger partial charge in [-0.05, 0) is 23.3 Å². The van der Waals surface area contributed by atoms with Gasteiger partial charge in [-0.15, -0.1) is 11.8 Å². The van der Waals surface area contributed by atoms with E-state index < -0.39 is 11.9 Å². The zero-order chi connectivity index (χ0) is 19.0. The maximum absolute atomic E-state index is 12.9. The summed E-state index contributed by atoms with van der Waals surface area (Å²) >= 11 is 1.46. The highest BCUT2D eigenvalue weighted by molar-refractivity contribution is 8.00. The fraction of sp³-hybridized carbons (Fsp3) is 0.250. The van der Waals surface area contributed by atoms with Crippen LogP contribution in [0.2, 0.25) is 0 Å². The van der Waals surface area contributed by atoms with Crippen LogP contribution in [0.5, 0.6) is 0 Å². The van der Waals surface area contributed by atoms with E-state index in [0.717, 1.165) is 21.7 Å². The second kappa shape index (κ2) is 7.08. The highest BCUT2D eigenvalue weighted by atomic mass is 32.2. The largest absolute Gasteiger partial charge is 0.481 e. The molecule has 0 fully saturated rings. The fourth-order valence-electron chi connectivity index (χ4n) is 3.57. The Hall–Kier alpha value is -2.80. The van der Waals surface area contributed by atoms with Gasteiger partial charge < -0.3 is 14.9 Å². The van der Waals surface area contributed by atoms with E-state index in [1.807, 2.05) is 42.5 Å². The van der Waals surface area contributed by atoms with E-state index in [9.17, 15) is 19.5 Å². The monoisotopic (exact) mass is 382 g/mol. The lowest BCUT2D eigenvalue weighted by Crippen LogP contribution is -2.47. The van der Waals surface area contributed by atoms with Gasteiger partial charge in [-0.25, -0.2) is 0 Å². The van der Waals surface area contributed by atoms with E-state index in [2.05, 4.69) is 0 Å². The van der Waals surface area contributed by atoms with Crippen molar-refractivity contribution in [1.82, 2.24) is 4.90 Å². The molecule has 0 aliphatic carbocycles. The number of thioether (sulfide) groups is 1. The van der Waals surface area contributed by atoms with Gasteiger partial charge in [0.05, 0.1) is 17.4 Å². The van der Waals surface area contributed by atoms with Crippen molar-refractivity contribution in [2.45, 2.75) is 17.4 Å². The molecule has 2 heterocycles. The number of benzene rings is 2. The van der Waals surface area contributed by atoms with Crippen LogP contribution in [0, 0.1) is 0 Å². The van der Waals surface area contributed by atoms with Gasteiger partial charge in [0.2, 0.25) is 11.8 Å². The van der Waals surface area contributed by atoms with E-state index >= 15 is 0 Å². The number of aliphatic carboxylic acids is 1. The van der Waals surface area contributed by atoms with E-state index in [-0.39, 0.29) is 24.9 Å². The summed E-state index contributed by atoms with van der Waals surface area (Å²) in [6, 6.07) is 14.8. The number of hydrogen-bond donors (Lipinski definition) is 1. The van der Waals surface area contributed by atoms with Gasteiger partial charge in [0.25, 0.3) is 0 Å². The van der Waals surface area contributed by atoms with Crippen molar-refractivity contribution < 1.29 is 19.5 Å². The molecule has 2 aliphatic heterocycles. The van der Waals surface area contributed by atoms with E-state index in [0.29, 0.717) is 12.3 Å². The first-order valence-electron chi connectivity index (χ1n) is 8.65. The Morgan fingerprint density at radius 3 is 2.67 bits per heavy atom. The minimum absolute atomic E-state index is 0.0785. The molecule has 0 saturated carbocycles. The maximum Gasteiger partial charge on any atom is 0.312 e. The molecule has 2 aliphatic rings. The van der Waals surface area contributed by atoms with Gasteiger partial charge in [0.15, 0.2) is 0 Å². The number of anilines is 1. The predicted molar refractivity (Wildman–Crippen MR) is 102 cm³/mol. The van der Waals surface area contributed by atoms with Crippen molar-refractivity contribution in [3.05, 3.63) is 59.7 Å². The Morgan fingerprint density at radius 2 is 1.85 bits per heavy atom. The number of fused-ring (bicyclic) bond motifs is 2. The van der Waals surface area contributed by atoms with E-state index in [1.165, 1.54) is 16.7 Å². The number of carboxylic acid groups (broad SMARTS) is 1. The standard InChI is InChI=1S/C20H18N2O4S/c23-18(11-22-16-7-3-4-8-17(16)27-12-19(22)24)21-9-13-5-1-2-6-14(13)15(10-21)20(25)26/h1-8,15H,9-12H2,(H,25,26). The number of rotatable bonds is 3. The Labute approximate surface area is 160 Å². The average molecular weight is 382 g/mol. The lowest BCUT2D eigenvalue weighted by Gasteiger charge is -2.35. The van der Waals surface area contributed by atoms with E-state index in [1.54, 1.807) is 11.0 Å². The normalized spacial score (nSPS) is 18.7. The molecule has 0 saturated heterocycles. The van der Waals surface area contributed by atoms with Gasteiger partial charge in [0, 0.05) is 18.0 Å². The smallest absolute Gasteiger partial charge is 0.312 e. The molecular formula is C20H18N2O4S. The first-order valence-corrected chi connectivity index (χ1v) is 9.63. The molecule has 0 radical (unpaired) electrons. The number of hydrogen-bond acceptors (Lipinski definition) is 4. The van der Waals surface area contributed by atoms with Crippen molar-refractivity contribution in [2.75, 3.05) is 23.7 Å². The van der Waals surface area contributed by atoms with Gasteiger partial charge >= 0.3 is 5.97 Å². The van der Waals surface area contributed by atoms with Crippen LogP contribution in [0.1, 0.15) is 17.0 Å². The van der Waals surface area contributed by atoms with Crippen LogP contribution >= 0.6 is 11.8 Å². The third-order valence-corrected chi connectivity index (χ3v) is 5.99. The maximum atomic E-state index is 12.9. The summed E-state index contributed by atoms with van der Waals surface area (Å²) < 4.78 is 0. The van der Waals surface area contributed by atoms with Crippen LogP contribution in [0.25, 0.3) is 0 Å². The van der Waals surface area contributed by atoms with Gasteiger partial charge in [-0.3, -0.25) is 14.4 Å². The summed E-state index contributed by atoms with van der Waals surface area (Å²) in [5.41, 5.74) is 2.33. The van der Waals surface area contributed by atoms with Crippen LogP contribution in [0.3, 0.4) is 0 Å². The summed E-state index contributed by atoms with van der Waals surface area (Å²) in [5.74, 6) is -1.76. The molecule has 138 valence electrons. The average Bonchev–Trinajstić information content (AvgIpc) is 2.69. The quantitative estimate of drug-likeness (QED) is 0.882. The van der Waals surface area contributed by atoms with Gasteiger partial charge in [-0.2, -0.15) is 0 Å². The lowest BCUT2D eigenvalue weighted by molar-refractivity contribution is -0.141. The molecular weight excluding hydrogens is 364 g/mol. The third kappa shape index (κ3) is 3.30. The number of nitrogens with zero attached hydrogens (tertiary/aromatic N) is 2. The lowest BCUT2D eigenvalue weighted by atomic mass is 9.90. The highest BCUT2D eigenvalue weighted by Gasteiger charge is 2.34. The molecule has 2 amide bonds. The molecule has 6 nitrogen and oxygen atoms in total. The molecule has 2 aromatic rings. The van der Waals surface area contributed by atoms with Crippen molar-refractivity contribution >= 4 is 35.2 Å². The first-order chi connectivity index (χ1) is 13.0. The van der Waals surface area contributed by atoms with Crippen molar-refractivity contribution in [1.29, 1.82) is 0 Å². The Bertz CT molecular complexity index is 930. The first kappa shape index (κ1) is 17.6. The molecule has 2 aromatic carbocycles. The molecule has 0 spiro atoms. The Morgan fingerprint density at radius 1 is 1.11 bits per heavy atom. The number of para-hydroxylation sites is 1. The van der Waals surface area contributed by atoms with E-state index in [4.69, 9.17) is 0 Å². The SMILES string of the molecule is O=C(O)C1CN(C(=O)CN2C(=O)CSc3ccccc32)Cc2ccccc21. The number of carbonyl (C=O) groups excluding carboxylic acids is 2. The summed E-state index contributed by atoms with van der Waals surface area (Å²) in [4.78, 5) is 41.0. The Kier molecular flexibility index (Phi) is 4.61. The number of carbonyl (C=O) groups is 3. The minimum atomic E-state index is -0.948. The van der Waals surface area contributed by atoms with Crippen LogP contribution in [-0.4, -0.2) is 46.6 Å². The van der Waals surface area contributed by atoms with Crippen molar-refractivity contribution in [3.8, 4) is 0 Å². The van der Waals surface area contributed by atoms with Gasteiger partial charge in [-0.1, -0.05) is 36.4 Å². The topological polar surface area (TPSA) is 77.9 Å². The van der Waals surface area contributed by atoms with Crippen LogP contribution in [0.4, 0.5) is 5.69 Å². The highest BCUT2D eigenvalue weighted by Crippen LogP contribution is 2.35. The predicted octanol–water partition coefficient (Wildman–Crippen LogP) is 2.34. The van der Waals surface area contributed by atoms with Gasteiger partial charge in [0.1, 0.15) is 6.54 Å². The molecule has 1 unspecified atom stereocenters. The summed E-state index contributed by atoms with van der Waals surface area (Å²) in [6.45, 7) is 0.395. The third-order valence-electron chi connectivity index (χ3n) is 4.95. The second-order valence-electron chi connectivity index (χ2n) is 6.60. The molecule has 27 heavy (non-hydrogen) atoms. The summed E-state index contributed by atoms with van der Waals surface area (Å²) in [7, 11) is 0. The number of amides is 2. The molecule has 7 heteroatoms. The van der Waals surface area contributed by atoms with Crippen LogP contribution in [-0.2, 0) is 20.9 Å².